The molecule has 18 nitrogen and oxygen atoms in total. The first-order valence-corrected chi connectivity index (χ1v) is 19.5. The van der Waals surface area contributed by atoms with Gasteiger partial charge >= 0.3 is 5.97 Å². The number of nitrogens with one attached hydrogen (secondary N) is 4. The fourth-order valence-corrected chi connectivity index (χ4v) is 6.78. The largest absolute Gasteiger partial charge is 0.478 e. The van der Waals surface area contributed by atoms with Gasteiger partial charge in [0.2, 0.25) is 10.3 Å². The number of aromatic amines is 1. The summed E-state index contributed by atoms with van der Waals surface area (Å²) in [5.41, 5.74) is 12.1. The van der Waals surface area contributed by atoms with Crippen molar-refractivity contribution < 1.29 is 35.1 Å². The van der Waals surface area contributed by atoms with Crippen molar-refractivity contribution in [3.05, 3.63) is 113 Å². The zero-order valence-corrected chi connectivity index (χ0v) is 32.7. The number of aliphatic hydroxyl groups excluding tert-OH is 4. The van der Waals surface area contributed by atoms with Gasteiger partial charge in [-0.25, -0.2) is 4.79 Å². The molecule has 11 N–H and O–H groups in total. The van der Waals surface area contributed by atoms with E-state index in [1.165, 1.54) is 28.2 Å². The van der Waals surface area contributed by atoms with Gasteiger partial charge in [-0.15, -0.1) is 20.4 Å². The molecule has 0 radical (unpaired) electrons. The molecule has 4 aromatic carbocycles. The monoisotopic (exact) mass is 837 g/mol. The van der Waals surface area contributed by atoms with E-state index in [1.54, 1.807) is 42.6 Å². The summed E-state index contributed by atoms with van der Waals surface area (Å²) in [5.74, 6) is -1.30. The van der Waals surface area contributed by atoms with E-state index in [1.807, 2.05) is 54.7 Å². The van der Waals surface area contributed by atoms with Crippen molar-refractivity contribution in [3.63, 3.8) is 0 Å². The number of amides is 1. The lowest BCUT2D eigenvalue weighted by atomic mass is 10.1. The smallest absolute Gasteiger partial charge is 0.335 e. The number of carboxylic acids is 1. The normalized spacial score (nSPS) is 12.4. The first-order chi connectivity index (χ1) is 28.6. The first-order valence-electron chi connectivity index (χ1n) is 17.9. The van der Waals surface area contributed by atoms with Gasteiger partial charge in [0.1, 0.15) is 10.0 Å². The number of rotatable bonds is 13. The number of aliphatic hydroxyl groups is 4. The number of benzene rings is 4. The molecule has 0 saturated carbocycles. The molecule has 0 spiro atoms. The molecule has 3 aromatic heterocycles. The Balaban J connectivity index is 0.000000177. The van der Waals surface area contributed by atoms with Gasteiger partial charge in [0.25, 0.3) is 5.91 Å². The topological polar surface area (TPSA) is 290 Å². The van der Waals surface area contributed by atoms with Crippen LogP contribution in [0.25, 0.3) is 32.0 Å². The number of H-pyrrole nitrogens is 1. The van der Waals surface area contributed by atoms with Gasteiger partial charge in [-0.2, -0.15) is 5.10 Å². The highest BCUT2D eigenvalue weighted by Crippen LogP contribution is 2.31. The number of anilines is 4. The van der Waals surface area contributed by atoms with Gasteiger partial charge in [-0.3, -0.25) is 14.9 Å². The highest BCUT2D eigenvalue weighted by Gasteiger charge is 2.14. The number of nitrogens with zero attached hydrogens (tertiary/aromatic N) is 6. The number of hydrogen-bond donors (Lipinski definition) is 10. The van der Waals surface area contributed by atoms with E-state index in [2.05, 4.69) is 51.5 Å². The average Bonchev–Trinajstić information content (AvgIpc) is 4.11. The number of nitrogens with two attached hydrogens (primary N) is 1. The quantitative estimate of drug-likeness (QED) is 0.0791. The third-order valence-corrected chi connectivity index (χ3v) is 10.1. The van der Waals surface area contributed by atoms with Crippen molar-refractivity contribution in [1.29, 1.82) is 0 Å². The lowest BCUT2D eigenvalue weighted by molar-refractivity contribution is 0.0696. The summed E-state index contributed by atoms with van der Waals surface area (Å²) in [7, 11) is 0. The van der Waals surface area contributed by atoms with Crippen LogP contribution < -0.4 is 21.7 Å². The highest BCUT2D eigenvalue weighted by molar-refractivity contribution is 7.18. The summed E-state index contributed by atoms with van der Waals surface area (Å²) in [6.07, 6.45) is 1.90. The van der Waals surface area contributed by atoms with Crippen molar-refractivity contribution >= 4 is 73.3 Å². The average molecular weight is 838 g/mol. The van der Waals surface area contributed by atoms with Crippen molar-refractivity contribution in [2.24, 2.45) is 10.7 Å². The lowest BCUT2D eigenvalue weighted by Gasteiger charge is -2.09. The molecule has 2 atom stereocenters. The van der Waals surface area contributed by atoms with E-state index >= 15 is 0 Å². The minimum absolute atomic E-state index is 0.0159. The molecule has 0 saturated heterocycles. The molecule has 1 aliphatic heterocycles. The van der Waals surface area contributed by atoms with Crippen molar-refractivity contribution in [2.75, 3.05) is 36.9 Å². The van der Waals surface area contributed by atoms with Crippen molar-refractivity contribution in [1.82, 2.24) is 35.9 Å². The van der Waals surface area contributed by atoms with E-state index in [0.717, 1.165) is 45.5 Å². The van der Waals surface area contributed by atoms with E-state index in [9.17, 15) is 14.7 Å². The number of aliphatic imine (C=N–C) groups is 1. The predicted octanol–water partition coefficient (Wildman–Crippen LogP) is 3.79. The molecule has 4 heterocycles. The number of fused-ring (bicyclic) bond motifs is 2. The second-order valence-electron chi connectivity index (χ2n) is 12.7. The molecule has 20 heteroatoms. The molecular formula is C39H39N11O7S2. The van der Waals surface area contributed by atoms with Crippen molar-refractivity contribution in [3.8, 4) is 21.1 Å². The predicted molar refractivity (Wildman–Crippen MR) is 226 cm³/mol. The van der Waals surface area contributed by atoms with E-state index in [4.69, 9.17) is 26.2 Å². The van der Waals surface area contributed by atoms with Gasteiger partial charge < -0.3 is 47.2 Å². The zero-order chi connectivity index (χ0) is 41.7. The molecule has 0 aliphatic carbocycles. The Labute approximate surface area is 344 Å². The van der Waals surface area contributed by atoms with Gasteiger partial charge in [0.05, 0.1) is 49.2 Å². The Morgan fingerprint density at radius 2 is 1.41 bits per heavy atom. The van der Waals surface area contributed by atoms with Gasteiger partial charge in [-0.05, 0) is 65.7 Å². The molecule has 304 valence electrons. The van der Waals surface area contributed by atoms with Crippen LogP contribution in [0, 0.1) is 0 Å². The fraction of sp³-hybridized carbons (Fsp3) is 0.179. The van der Waals surface area contributed by atoms with Crippen LogP contribution in [-0.2, 0) is 6.54 Å². The van der Waals surface area contributed by atoms with E-state index in [0.29, 0.717) is 25.8 Å². The first kappa shape index (κ1) is 42.1. The number of aromatic carboxylic acids is 1. The lowest BCUT2D eigenvalue weighted by Crippen LogP contribution is -2.33. The summed E-state index contributed by atoms with van der Waals surface area (Å²) in [4.78, 5) is 27.5. The van der Waals surface area contributed by atoms with Crippen LogP contribution in [0.15, 0.2) is 96.1 Å². The number of aromatic nitrogens is 6. The Morgan fingerprint density at radius 1 is 0.780 bits per heavy atom. The Morgan fingerprint density at radius 3 is 2.03 bits per heavy atom. The summed E-state index contributed by atoms with van der Waals surface area (Å²) >= 11 is 2.74. The summed E-state index contributed by atoms with van der Waals surface area (Å²) in [6, 6.07) is 25.5. The molecular weight excluding hydrogens is 799 g/mol. The summed E-state index contributed by atoms with van der Waals surface area (Å²) in [5, 5.41) is 79.8. The van der Waals surface area contributed by atoms with E-state index < -0.39 is 24.8 Å². The molecule has 7 aromatic rings. The number of carbonyl (C=O) groups is 2. The van der Waals surface area contributed by atoms with Crippen LogP contribution >= 0.6 is 22.7 Å². The van der Waals surface area contributed by atoms with Crippen LogP contribution in [0.3, 0.4) is 0 Å². The minimum Gasteiger partial charge on any atom is -0.478 e. The Hall–Kier alpha value is -6.52. The van der Waals surface area contributed by atoms with Gasteiger partial charge in [-0.1, -0.05) is 53.0 Å². The SMILES string of the molecule is NCC(O)CO.O=C(NCC(O)CO)c1cccc(-c2nnc(Nc3ccc4c(c3)C=NC4)s2)c1.O=C(O)c1cccc(-c2nnc(Nc3ccc4[nH]ncc4c3)s2)c1. The summed E-state index contributed by atoms with van der Waals surface area (Å²) < 4.78 is 0. The van der Waals surface area contributed by atoms with Crippen LogP contribution in [0.5, 0.6) is 0 Å². The molecule has 0 bridgehead atoms. The molecule has 1 amide bonds. The number of carbonyl (C=O) groups excluding carboxylic acids is 1. The molecule has 0 fully saturated rings. The van der Waals surface area contributed by atoms with Crippen LogP contribution in [0.2, 0.25) is 0 Å². The van der Waals surface area contributed by atoms with Gasteiger partial charge in [0.15, 0.2) is 0 Å². The van der Waals surface area contributed by atoms with Crippen LogP contribution in [-0.4, -0.2) is 113 Å². The summed E-state index contributed by atoms with van der Waals surface area (Å²) in [6.45, 7) is 0.199. The number of carboxylic acid groups (broad SMARTS) is 1. The third kappa shape index (κ3) is 11.5. The zero-order valence-electron chi connectivity index (χ0n) is 31.1. The standard InChI is InChI=1S/C20H19N5O3S.C16H11N5O2S.C3H9NO2/c26-11-17(27)10-22-18(28)12-2-1-3-13(6-12)19-24-25-20(29-19)23-16-5-4-14-8-21-9-15(14)7-16;22-15(23)10-3-1-2-9(6-10)14-20-21-16(24-14)18-12-4-5-13-11(7-12)8-17-19-13;4-1-3(6)2-5/h1-7,9,17,26-27H,8,10-11H2,(H,22,28)(H,23,25);1-8H,(H,17,19)(H,18,21)(H,22,23);3,5-6H,1-2,4H2. The van der Waals surface area contributed by atoms with Gasteiger partial charge in [0, 0.05) is 52.8 Å². The number of hydrogen-bond acceptors (Lipinski definition) is 17. The molecule has 8 rings (SSSR count). The van der Waals surface area contributed by atoms with Crippen LogP contribution in [0.1, 0.15) is 31.8 Å². The Kier molecular flexibility index (Phi) is 14.5. The molecule has 2 unspecified atom stereocenters. The molecule has 59 heavy (non-hydrogen) atoms. The minimum atomic E-state index is -0.982. The second kappa shape index (κ2) is 20.3. The maximum atomic E-state index is 12.2. The van der Waals surface area contributed by atoms with E-state index in [-0.39, 0.29) is 31.2 Å². The van der Waals surface area contributed by atoms with Crippen molar-refractivity contribution in [2.45, 2.75) is 18.8 Å². The van der Waals surface area contributed by atoms with Crippen LogP contribution in [0.4, 0.5) is 21.6 Å². The molecule has 1 aliphatic rings. The Bertz CT molecular complexity index is 2540. The third-order valence-electron chi connectivity index (χ3n) is 8.35. The second-order valence-corrected chi connectivity index (χ2v) is 14.7. The maximum Gasteiger partial charge on any atom is 0.335 e. The highest BCUT2D eigenvalue weighted by atomic mass is 32.1. The maximum absolute atomic E-state index is 12.2. The fourth-order valence-electron chi connectivity index (χ4n) is 5.26.